The summed E-state index contributed by atoms with van der Waals surface area (Å²) in [6.45, 7) is 0. The van der Waals surface area contributed by atoms with Crippen LogP contribution in [0.4, 0.5) is 34.1 Å². The molecule has 0 radical (unpaired) electrons. The maximum atomic E-state index is 8.40. The van der Waals surface area contributed by atoms with E-state index in [4.69, 9.17) is 11.1 Å². The van der Waals surface area contributed by atoms with E-state index in [0.717, 1.165) is 34.1 Å². The van der Waals surface area contributed by atoms with Gasteiger partial charge in [-0.1, -0.05) is 0 Å². The monoisotopic (exact) mass is 552 g/mol. The molecule has 0 aliphatic heterocycles. The SMILES string of the molecule is CN(C)c1ccc(N(C)C)c([Si](Cl)(c2cc(N(C)C)ccc2N(C)C)c2cc(N(C)C)ccc2N(C)C)c1. The second-order valence-corrected chi connectivity index (χ2v) is 15.8. The van der Waals surface area contributed by atoms with Gasteiger partial charge in [-0.25, -0.2) is 0 Å². The van der Waals surface area contributed by atoms with E-state index in [9.17, 15) is 0 Å². The van der Waals surface area contributed by atoms with Crippen LogP contribution < -0.4 is 45.0 Å². The van der Waals surface area contributed by atoms with Crippen LogP contribution in [0.2, 0.25) is 0 Å². The number of hydrogen-bond donors (Lipinski definition) is 0. The fourth-order valence-corrected chi connectivity index (χ4v) is 10.1. The molecule has 3 rings (SSSR count). The van der Waals surface area contributed by atoms with E-state index in [1.54, 1.807) is 0 Å². The quantitative estimate of drug-likeness (QED) is 0.229. The maximum Gasteiger partial charge on any atom is 0.254 e. The number of anilines is 6. The lowest BCUT2D eigenvalue weighted by Crippen LogP contribution is -2.65. The van der Waals surface area contributed by atoms with Crippen molar-refractivity contribution in [1.82, 2.24) is 0 Å². The van der Waals surface area contributed by atoms with Crippen molar-refractivity contribution >= 4 is 68.1 Å². The summed E-state index contributed by atoms with van der Waals surface area (Å²) in [6.07, 6.45) is 0. The lowest BCUT2D eigenvalue weighted by atomic mass is 10.2. The zero-order valence-electron chi connectivity index (χ0n) is 25.3. The standard InChI is InChI=1S/C30H45ClN6Si/c1-32(2)22-13-16-25(35(7)8)28(19-22)38(31,29-20-23(33(3)4)14-17-26(29)36(9)10)30-21-24(34(5)6)15-18-27(30)37(11)12/h13-21H,1-12H3. The van der Waals surface area contributed by atoms with Gasteiger partial charge < -0.3 is 29.4 Å². The largest absolute Gasteiger partial charge is 0.378 e. The molecule has 0 N–H and O–H groups in total. The Labute approximate surface area is 236 Å². The summed E-state index contributed by atoms with van der Waals surface area (Å²) in [7, 11) is 22.0. The molecule has 0 unspecified atom stereocenters. The first-order valence-corrected chi connectivity index (χ1v) is 15.9. The number of benzene rings is 3. The van der Waals surface area contributed by atoms with Crippen LogP contribution in [0.25, 0.3) is 0 Å². The molecule has 206 valence electrons. The Balaban J connectivity index is 2.64. The first-order valence-electron chi connectivity index (χ1n) is 12.9. The molecule has 0 aliphatic carbocycles. The molecule has 38 heavy (non-hydrogen) atoms. The van der Waals surface area contributed by atoms with Crippen molar-refractivity contribution < 1.29 is 0 Å². The fraction of sp³-hybridized carbons (Fsp3) is 0.400. The fourth-order valence-electron chi connectivity index (χ4n) is 4.84. The number of rotatable bonds is 9. The van der Waals surface area contributed by atoms with Crippen molar-refractivity contribution in [3.63, 3.8) is 0 Å². The zero-order chi connectivity index (χ0) is 28.5. The van der Waals surface area contributed by atoms with Gasteiger partial charge in [-0.05, 0) is 70.2 Å². The summed E-state index contributed by atoms with van der Waals surface area (Å²) >= 11 is 8.40. The van der Waals surface area contributed by atoms with Crippen LogP contribution in [0, 0.1) is 0 Å². The van der Waals surface area contributed by atoms with Crippen LogP contribution in [-0.4, -0.2) is 92.0 Å². The van der Waals surface area contributed by atoms with Crippen LogP contribution in [0.3, 0.4) is 0 Å². The van der Waals surface area contributed by atoms with Crippen LogP contribution in [0.5, 0.6) is 0 Å². The van der Waals surface area contributed by atoms with Crippen molar-refractivity contribution in [3.8, 4) is 0 Å². The Morgan fingerprint density at radius 1 is 0.395 bits per heavy atom. The second kappa shape index (κ2) is 11.4. The highest BCUT2D eigenvalue weighted by molar-refractivity contribution is 7.41. The lowest BCUT2D eigenvalue weighted by Gasteiger charge is -2.37. The number of nitrogens with zero attached hydrogens (tertiary/aromatic N) is 6. The summed E-state index contributed by atoms with van der Waals surface area (Å²) in [6, 6.07) is 20.1. The molecule has 3 aromatic carbocycles. The Morgan fingerprint density at radius 3 is 0.816 bits per heavy atom. The molecule has 0 aromatic heterocycles. The zero-order valence-corrected chi connectivity index (χ0v) is 27.0. The highest BCUT2D eigenvalue weighted by atomic mass is 35.6. The minimum absolute atomic E-state index is 1.13. The Bertz CT molecular complexity index is 1120. The third-order valence-corrected chi connectivity index (χ3v) is 12.3. The van der Waals surface area contributed by atoms with Gasteiger partial charge >= 0.3 is 0 Å². The third-order valence-electron chi connectivity index (χ3n) is 7.05. The Hall–Kier alpha value is -3.03. The van der Waals surface area contributed by atoms with E-state index >= 15 is 0 Å². The number of hydrogen-bond acceptors (Lipinski definition) is 6. The maximum absolute atomic E-state index is 8.40. The topological polar surface area (TPSA) is 19.4 Å². The molecule has 6 nitrogen and oxygen atoms in total. The summed E-state index contributed by atoms with van der Waals surface area (Å²) in [5.41, 5.74) is 6.81. The smallest absolute Gasteiger partial charge is 0.254 e. The number of halogens is 1. The van der Waals surface area contributed by atoms with E-state index < -0.39 is 7.38 Å². The Kier molecular flexibility index (Phi) is 8.84. The van der Waals surface area contributed by atoms with Gasteiger partial charge in [0.15, 0.2) is 0 Å². The van der Waals surface area contributed by atoms with Crippen molar-refractivity contribution in [2.45, 2.75) is 0 Å². The molecule has 3 aromatic rings. The first kappa shape index (κ1) is 29.5. The minimum atomic E-state index is -3.16. The van der Waals surface area contributed by atoms with Crippen LogP contribution in [0.15, 0.2) is 54.6 Å². The van der Waals surface area contributed by atoms with Gasteiger partial charge in [0, 0.05) is 119 Å². The molecule has 0 fully saturated rings. The van der Waals surface area contributed by atoms with Gasteiger partial charge in [0.2, 0.25) is 0 Å². The highest BCUT2D eigenvalue weighted by Crippen LogP contribution is 2.31. The molecule has 0 bridgehead atoms. The average molecular weight is 553 g/mol. The van der Waals surface area contributed by atoms with Gasteiger partial charge in [0.1, 0.15) is 0 Å². The minimum Gasteiger partial charge on any atom is -0.378 e. The molecule has 0 saturated heterocycles. The van der Waals surface area contributed by atoms with Crippen LogP contribution in [-0.2, 0) is 0 Å². The molecular weight excluding hydrogens is 508 g/mol. The predicted octanol–water partition coefficient (Wildman–Crippen LogP) is 3.29. The van der Waals surface area contributed by atoms with E-state index in [0.29, 0.717) is 0 Å². The van der Waals surface area contributed by atoms with E-state index in [-0.39, 0.29) is 0 Å². The van der Waals surface area contributed by atoms with Crippen LogP contribution >= 0.6 is 11.1 Å². The van der Waals surface area contributed by atoms with Gasteiger partial charge in [-0.2, -0.15) is 0 Å². The summed E-state index contributed by atoms with van der Waals surface area (Å²) in [4.78, 5) is 13.0. The van der Waals surface area contributed by atoms with Crippen LogP contribution in [0.1, 0.15) is 0 Å². The van der Waals surface area contributed by atoms with Crippen molar-refractivity contribution in [2.75, 3.05) is 114 Å². The highest BCUT2D eigenvalue weighted by Gasteiger charge is 2.45. The molecule has 0 heterocycles. The van der Waals surface area contributed by atoms with E-state index in [2.05, 4.69) is 169 Å². The van der Waals surface area contributed by atoms with Crippen molar-refractivity contribution in [2.24, 2.45) is 0 Å². The molecule has 0 spiro atoms. The van der Waals surface area contributed by atoms with E-state index in [1.165, 1.54) is 15.6 Å². The molecule has 0 amide bonds. The lowest BCUT2D eigenvalue weighted by molar-refractivity contribution is 1.11. The third kappa shape index (κ3) is 5.54. The summed E-state index contributed by atoms with van der Waals surface area (Å²) < 4.78 is 0. The van der Waals surface area contributed by atoms with E-state index in [1.807, 2.05) is 0 Å². The van der Waals surface area contributed by atoms with Gasteiger partial charge in [0.25, 0.3) is 7.38 Å². The molecule has 8 heteroatoms. The normalized spacial score (nSPS) is 11.3. The predicted molar refractivity (Wildman–Crippen MR) is 176 cm³/mol. The summed E-state index contributed by atoms with van der Waals surface area (Å²) in [5, 5.41) is 3.52. The molecule has 0 aliphatic rings. The van der Waals surface area contributed by atoms with Gasteiger partial charge in [-0.15, -0.1) is 11.1 Å². The molecular formula is C30H45ClN6Si. The van der Waals surface area contributed by atoms with Crippen molar-refractivity contribution in [3.05, 3.63) is 54.6 Å². The van der Waals surface area contributed by atoms with Crippen molar-refractivity contribution in [1.29, 1.82) is 0 Å². The molecule has 0 atom stereocenters. The Morgan fingerprint density at radius 2 is 0.632 bits per heavy atom. The van der Waals surface area contributed by atoms with Gasteiger partial charge in [0.05, 0.1) is 0 Å². The first-order chi connectivity index (χ1) is 17.7. The summed E-state index contributed by atoms with van der Waals surface area (Å²) in [5.74, 6) is 0. The molecule has 0 saturated carbocycles. The van der Waals surface area contributed by atoms with Gasteiger partial charge in [-0.3, -0.25) is 0 Å². The average Bonchev–Trinajstić information content (AvgIpc) is 2.86. The second-order valence-electron chi connectivity index (χ2n) is 11.1.